The number of carbonyl (C=O) groups excluding carboxylic acids is 1. The highest BCUT2D eigenvalue weighted by Crippen LogP contribution is 2.26. The van der Waals surface area contributed by atoms with Crippen LogP contribution in [0.3, 0.4) is 0 Å². The van der Waals surface area contributed by atoms with Crippen molar-refractivity contribution in [3.05, 3.63) is 53.8 Å². The number of rotatable bonds is 6. The first-order valence-corrected chi connectivity index (χ1v) is 8.38. The topological polar surface area (TPSA) is 84.9 Å². The number of alkyl carbamates (subject to hydrolysis) is 1. The Labute approximate surface area is 156 Å². The fourth-order valence-electron chi connectivity index (χ4n) is 2.25. The van der Waals surface area contributed by atoms with Crippen LogP contribution in [-0.4, -0.2) is 35.9 Å². The Kier molecular flexibility index (Phi) is 6.39. The average molecular weight is 375 g/mol. The van der Waals surface area contributed by atoms with Crippen LogP contribution in [0.2, 0.25) is 0 Å². The number of ether oxygens (including phenoxy) is 2. The van der Waals surface area contributed by atoms with Crippen molar-refractivity contribution in [3.8, 4) is 16.9 Å². The Hall–Kier alpha value is -3.09. The van der Waals surface area contributed by atoms with Gasteiger partial charge < -0.3 is 19.9 Å². The van der Waals surface area contributed by atoms with Gasteiger partial charge in [-0.2, -0.15) is 0 Å². The van der Waals surface area contributed by atoms with Crippen LogP contribution in [0.5, 0.6) is 5.75 Å². The van der Waals surface area contributed by atoms with Crippen LogP contribution < -0.4 is 10.1 Å². The molecule has 0 aliphatic rings. The fourth-order valence-corrected chi connectivity index (χ4v) is 2.25. The minimum Gasteiger partial charge on any atom is -0.492 e. The Morgan fingerprint density at radius 2 is 1.74 bits per heavy atom. The maximum Gasteiger partial charge on any atom is 0.407 e. The van der Waals surface area contributed by atoms with Gasteiger partial charge in [0.25, 0.3) is 0 Å². The van der Waals surface area contributed by atoms with Crippen LogP contribution in [0.1, 0.15) is 31.1 Å². The third-order valence-electron chi connectivity index (χ3n) is 3.37. The van der Waals surface area contributed by atoms with E-state index in [1.807, 2.05) is 0 Å². The van der Waals surface area contributed by atoms with E-state index < -0.39 is 17.7 Å². The van der Waals surface area contributed by atoms with Crippen molar-refractivity contribution in [2.45, 2.75) is 26.4 Å². The number of amides is 1. The van der Waals surface area contributed by atoms with Crippen LogP contribution >= 0.6 is 0 Å². The Balaban J connectivity index is 2.04. The molecule has 7 heteroatoms. The van der Waals surface area contributed by atoms with Crippen molar-refractivity contribution < 1.29 is 28.6 Å². The molecule has 2 aromatic carbocycles. The van der Waals surface area contributed by atoms with Gasteiger partial charge in [-0.3, -0.25) is 0 Å². The second kappa shape index (κ2) is 8.53. The van der Waals surface area contributed by atoms with Crippen LogP contribution in [0.25, 0.3) is 11.1 Å². The lowest BCUT2D eigenvalue weighted by molar-refractivity contribution is 0.0520. The van der Waals surface area contributed by atoms with Crippen LogP contribution in [0.4, 0.5) is 9.18 Å². The van der Waals surface area contributed by atoms with E-state index in [-0.39, 0.29) is 24.5 Å². The average Bonchev–Trinajstić information content (AvgIpc) is 2.57. The lowest BCUT2D eigenvalue weighted by Crippen LogP contribution is -2.34. The second-order valence-corrected chi connectivity index (χ2v) is 6.84. The van der Waals surface area contributed by atoms with Crippen LogP contribution in [-0.2, 0) is 4.74 Å². The molecule has 0 heterocycles. The summed E-state index contributed by atoms with van der Waals surface area (Å²) in [5.41, 5.74) is 0.707. The molecule has 0 aliphatic heterocycles. The summed E-state index contributed by atoms with van der Waals surface area (Å²) in [4.78, 5) is 22.9. The summed E-state index contributed by atoms with van der Waals surface area (Å²) in [7, 11) is 0. The molecule has 0 aromatic heterocycles. The standard InChI is InChI=1S/C20H22FNO5/c1-20(2,3)27-19(25)22-8-9-26-17-11-14(10-15(12-17)18(23)24)13-4-6-16(21)7-5-13/h4-7,10-12H,8-9H2,1-3H3,(H,22,25)(H,23,24). The largest absolute Gasteiger partial charge is 0.492 e. The monoisotopic (exact) mass is 375 g/mol. The Morgan fingerprint density at radius 3 is 2.33 bits per heavy atom. The van der Waals surface area contributed by atoms with E-state index in [4.69, 9.17) is 9.47 Å². The van der Waals surface area contributed by atoms with Crippen molar-refractivity contribution in [1.82, 2.24) is 5.32 Å². The van der Waals surface area contributed by atoms with Gasteiger partial charge in [0.15, 0.2) is 0 Å². The van der Waals surface area contributed by atoms with E-state index in [1.165, 1.54) is 24.3 Å². The molecule has 0 saturated heterocycles. The summed E-state index contributed by atoms with van der Waals surface area (Å²) in [6, 6.07) is 10.3. The quantitative estimate of drug-likeness (QED) is 0.743. The van der Waals surface area contributed by atoms with E-state index in [0.29, 0.717) is 16.9 Å². The van der Waals surface area contributed by atoms with Gasteiger partial charge in [0, 0.05) is 0 Å². The van der Waals surface area contributed by atoms with Gasteiger partial charge >= 0.3 is 12.1 Å². The minimum atomic E-state index is -1.10. The van der Waals surface area contributed by atoms with Gasteiger partial charge in [0.05, 0.1) is 12.1 Å². The lowest BCUT2D eigenvalue weighted by Gasteiger charge is -2.19. The van der Waals surface area contributed by atoms with E-state index in [0.717, 1.165) is 0 Å². The van der Waals surface area contributed by atoms with Crippen LogP contribution in [0, 0.1) is 5.82 Å². The first-order valence-electron chi connectivity index (χ1n) is 8.38. The molecule has 2 aromatic rings. The molecule has 0 atom stereocenters. The third kappa shape index (κ3) is 6.62. The number of benzene rings is 2. The molecule has 0 spiro atoms. The highest BCUT2D eigenvalue weighted by atomic mass is 19.1. The molecule has 2 N–H and O–H groups in total. The van der Waals surface area contributed by atoms with Crippen molar-refractivity contribution >= 4 is 12.1 Å². The summed E-state index contributed by atoms with van der Waals surface area (Å²) < 4.78 is 23.8. The first-order chi connectivity index (χ1) is 12.6. The molecule has 0 saturated carbocycles. The highest BCUT2D eigenvalue weighted by molar-refractivity contribution is 5.90. The maximum absolute atomic E-state index is 13.1. The third-order valence-corrected chi connectivity index (χ3v) is 3.37. The molecule has 0 fully saturated rings. The predicted octanol–water partition coefficient (Wildman–Crippen LogP) is 4.09. The zero-order chi connectivity index (χ0) is 20.0. The molecule has 1 amide bonds. The molecule has 6 nitrogen and oxygen atoms in total. The summed E-state index contributed by atoms with van der Waals surface area (Å²) in [6.07, 6.45) is -0.558. The lowest BCUT2D eigenvalue weighted by atomic mass is 10.0. The van der Waals surface area contributed by atoms with Crippen molar-refractivity contribution in [2.24, 2.45) is 0 Å². The maximum atomic E-state index is 13.1. The van der Waals surface area contributed by atoms with Gasteiger partial charge in [-0.15, -0.1) is 0 Å². The van der Waals surface area contributed by atoms with E-state index in [9.17, 15) is 19.1 Å². The zero-order valence-electron chi connectivity index (χ0n) is 15.4. The van der Waals surface area contributed by atoms with Crippen molar-refractivity contribution in [1.29, 1.82) is 0 Å². The SMILES string of the molecule is CC(C)(C)OC(=O)NCCOc1cc(C(=O)O)cc(-c2ccc(F)cc2)c1. The smallest absolute Gasteiger partial charge is 0.407 e. The molecule has 0 radical (unpaired) electrons. The van der Waals surface area contributed by atoms with Gasteiger partial charge in [0.1, 0.15) is 23.8 Å². The van der Waals surface area contributed by atoms with Gasteiger partial charge in [0.2, 0.25) is 0 Å². The first kappa shape index (κ1) is 20.2. The van der Waals surface area contributed by atoms with Gasteiger partial charge in [-0.25, -0.2) is 14.0 Å². The summed E-state index contributed by atoms with van der Waals surface area (Å²) in [6.45, 7) is 5.61. The number of aromatic carboxylic acids is 1. The summed E-state index contributed by atoms with van der Waals surface area (Å²) in [5, 5.41) is 11.8. The molecular formula is C20H22FNO5. The molecular weight excluding hydrogens is 353 g/mol. The molecule has 0 aliphatic carbocycles. The highest BCUT2D eigenvalue weighted by Gasteiger charge is 2.15. The van der Waals surface area contributed by atoms with Crippen molar-refractivity contribution in [3.63, 3.8) is 0 Å². The second-order valence-electron chi connectivity index (χ2n) is 6.84. The molecule has 27 heavy (non-hydrogen) atoms. The predicted molar refractivity (Wildman–Crippen MR) is 98.5 cm³/mol. The minimum absolute atomic E-state index is 0.0481. The number of carbonyl (C=O) groups is 2. The molecule has 0 unspecified atom stereocenters. The van der Waals surface area contributed by atoms with Crippen LogP contribution in [0.15, 0.2) is 42.5 Å². The summed E-state index contributed by atoms with van der Waals surface area (Å²) >= 11 is 0. The number of hydrogen-bond donors (Lipinski definition) is 2. The number of carboxylic acids is 1. The molecule has 144 valence electrons. The van der Waals surface area contributed by atoms with E-state index in [2.05, 4.69) is 5.32 Å². The van der Waals surface area contributed by atoms with E-state index >= 15 is 0 Å². The Bertz CT molecular complexity index is 812. The van der Waals surface area contributed by atoms with Gasteiger partial charge in [-0.05, 0) is 62.2 Å². The normalized spacial score (nSPS) is 11.0. The Morgan fingerprint density at radius 1 is 1.07 bits per heavy atom. The number of carboxylic acid groups (broad SMARTS) is 1. The molecule has 0 bridgehead atoms. The van der Waals surface area contributed by atoms with E-state index in [1.54, 1.807) is 39.0 Å². The van der Waals surface area contributed by atoms with Crippen molar-refractivity contribution in [2.75, 3.05) is 13.2 Å². The number of hydrogen-bond acceptors (Lipinski definition) is 4. The number of nitrogens with one attached hydrogen (secondary N) is 1. The molecule has 2 rings (SSSR count). The fraction of sp³-hybridized carbons (Fsp3) is 0.300. The summed E-state index contributed by atoms with van der Waals surface area (Å²) in [5.74, 6) is -1.14. The number of halogens is 1. The zero-order valence-corrected chi connectivity index (χ0v) is 15.4. The van der Waals surface area contributed by atoms with Gasteiger partial charge in [-0.1, -0.05) is 12.1 Å².